The molecule has 0 radical (unpaired) electrons. The van der Waals surface area contributed by atoms with Gasteiger partial charge in [-0.1, -0.05) is 40.5 Å². The Morgan fingerprint density at radius 1 is 0.550 bits per heavy atom. The predicted octanol–water partition coefficient (Wildman–Crippen LogP) is -7.14. The van der Waals surface area contributed by atoms with Crippen LogP contribution in [-0.4, -0.2) is 300 Å². The molecule has 1 aromatic carbocycles. The molecule has 6 aliphatic heterocycles. The molecule has 2 aromatic rings. The highest BCUT2D eigenvalue weighted by Crippen LogP contribution is 2.38. The first-order valence-corrected chi connectivity index (χ1v) is 39.8. The Morgan fingerprint density at radius 3 is 1.65 bits per heavy atom. The minimum absolute atomic E-state index is 0.00935. The molecule has 15 atom stereocenters. The maximum Gasteiger partial charge on any atom is 0.333 e. The number of carbonyl (C=O) groups is 21. The summed E-state index contributed by atoms with van der Waals surface area (Å²) in [5, 5.41) is 46.4. The molecule has 7 heterocycles. The van der Waals surface area contributed by atoms with Gasteiger partial charge in [0.05, 0.1) is 81.3 Å². The van der Waals surface area contributed by atoms with Crippen molar-refractivity contribution in [2.24, 2.45) is 17.8 Å². The second-order valence-corrected chi connectivity index (χ2v) is 30.3. The lowest BCUT2D eigenvalue weighted by Gasteiger charge is -2.35. The number of aromatic amines is 1. The Kier molecular flexibility index (Phi) is 33.4. The van der Waals surface area contributed by atoms with E-state index in [1.54, 1.807) is 27.7 Å². The smallest absolute Gasteiger partial charge is 0.333 e. The summed E-state index contributed by atoms with van der Waals surface area (Å²) in [4.78, 5) is 299. The van der Waals surface area contributed by atoms with Gasteiger partial charge in [0, 0.05) is 93.4 Å². The van der Waals surface area contributed by atoms with Gasteiger partial charge in [0.25, 0.3) is 23.6 Å². The number of fused-ring (bicyclic) bond motifs is 6. The number of carbonyl (C=O) groups excluding carboxylic acids is 21. The number of amides is 19. The van der Waals surface area contributed by atoms with E-state index in [0.29, 0.717) is 16.2 Å². The molecular formula is C75H100N18O26S. The number of hydrogen-bond acceptors (Lipinski definition) is 27. The lowest BCUT2D eigenvalue weighted by Crippen LogP contribution is -2.66. The number of hydrogen-bond donors (Lipinski definition) is 16. The number of ether oxygens (including phenoxy) is 4. The van der Waals surface area contributed by atoms with Crippen LogP contribution >= 0.6 is 11.8 Å². The number of aromatic nitrogens is 1. The van der Waals surface area contributed by atoms with Gasteiger partial charge >= 0.3 is 11.9 Å². The molecule has 45 heteroatoms. The van der Waals surface area contributed by atoms with E-state index in [4.69, 9.17) is 18.9 Å². The van der Waals surface area contributed by atoms with E-state index in [1.165, 1.54) is 39.8 Å². The van der Waals surface area contributed by atoms with E-state index < -0.39 is 291 Å². The molecule has 44 nitrogen and oxygen atoms in total. The summed E-state index contributed by atoms with van der Waals surface area (Å²) in [5.41, 5.74) is -0.377. The first-order valence-electron chi connectivity index (χ1n) is 38.9. The fourth-order valence-corrected chi connectivity index (χ4v) is 14.4. The fourth-order valence-electron chi connectivity index (χ4n) is 13.3. The van der Waals surface area contributed by atoms with Crippen LogP contribution in [0.2, 0.25) is 0 Å². The summed E-state index contributed by atoms with van der Waals surface area (Å²) >= 11 is 0.761. The van der Waals surface area contributed by atoms with Crippen molar-refractivity contribution in [1.82, 2.24) is 88.8 Å². The molecule has 2 bridgehead atoms. The van der Waals surface area contributed by atoms with Gasteiger partial charge in [0.2, 0.25) is 88.6 Å². The van der Waals surface area contributed by atoms with Crippen molar-refractivity contribution in [3.05, 3.63) is 42.0 Å². The minimum atomic E-state index is -2.17. The van der Waals surface area contributed by atoms with Crippen LogP contribution in [0.3, 0.4) is 0 Å². The van der Waals surface area contributed by atoms with Crippen molar-refractivity contribution in [3.63, 3.8) is 0 Å². The third-order valence-electron chi connectivity index (χ3n) is 20.6. The molecule has 0 saturated carbocycles. The third-order valence-corrected chi connectivity index (χ3v) is 21.7. The molecule has 652 valence electrons. The number of benzene rings is 1. The maximum absolute atomic E-state index is 15.1. The highest BCUT2D eigenvalue weighted by Gasteiger charge is 2.51. The molecule has 0 aliphatic carbocycles. The normalized spacial score (nSPS) is 27.9. The molecule has 6 unspecified atom stereocenters. The molecule has 1 fully saturated rings. The van der Waals surface area contributed by atoms with Crippen LogP contribution in [0.5, 0.6) is 5.75 Å². The van der Waals surface area contributed by atoms with Crippen LogP contribution in [-0.2, 0) is 121 Å². The highest BCUT2D eigenvalue weighted by molar-refractivity contribution is 7.99. The van der Waals surface area contributed by atoms with Gasteiger partial charge in [-0.15, -0.1) is 11.8 Å². The summed E-state index contributed by atoms with van der Waals surface area (Å²) in [6.45, 7) is 7.08. The van der Waals surface area contributed by atoms with Gasteiger partial charge in [-0.05, 0) is 51.2 Å². The number of esters is 2. The summed E-state index contributed by atoms with van der Waals surface area (Å²) < 4.78 is 21.9. The van der Waals surface area contributed by atoms with E-state index >= 15 is 14.4 Å². The lowest BCUT2D eigenvalue weighted by molar-refractivity contribution is -0.156. The summed E-state index contributed by atoms with van der Waals surface area (Å²) in [7, 11) is 1.00. The van der Waals surface area contributed by atoms with Gasteiger partial charge in [-0.3, -0.25) is 106 Å². The SMILES string of the molecule is CC[C@H](C)[C@@H]1CNC(=O)CNC(=O)[C@@H]2Cc3c([nH]c4cc5c(cc34)NC(=O)C(C)NC(=O)C(C)NC(=O)CCOCCNC(=O)C(N3C(=O)C=CC3=O)C(N3C(=O)C=CC3=O)C(=O)NCCOCCC(=O)NC(C)C(=O)NC(C)C(=O)O5)SC[C@H](NC(=O)CNC1=O)C(=O)N[C@@H](CC(=O)OC)C(=O)N1C[C@H](O)C[C@H]1C(=O)N[C@@H]([C@@H](C)CC)C(=O)N2. The Morgan fingerprint density at radius 2 is 1.09 bits per heavy atom. The van der Waals surface area contributed by atoms with Crippen LogP contribution < -0.4 is 79.2 Å². The first kappa shape index (κ1) is 93.2. The molecule has 19 amide bonds. The van der Waals surface area contributed by atoms with Crippen LogP contribution in [0.1, 0.15) is 99.5 Å². The number of nitrogens with zero attached hydrogens (tertiary/aromatic N) is 3. The second-order valence-electron chi connectivity index (χ2n) is 29.3. The zero-order valence-electron chi connectivity index (χ0n) is 67.3. The van der Waals surface area contributed by atoms with Crippen LogP contribution in [0.25, 0.3) is 10.9 Å². The van der Waals surface area contributed by atoms with Crippen molar-refractivity contribution >= 4 is 153 Å². The maximum atomic E-state index is 15.1. The second kappa shape index (κ2) is 42.9. The zero-order chi connectivity index (χ0) is 88.1. The van der Waals surface area contributed by atoms with Crippen molar-refractivity contribution in [3.8, 4) is 5.75 Å². The number of thioether (sulfide) groups is 1. The minimum Gasteiger partial charge on any atom is -0.469 e. The van der Waals surface area contributed by atoms with E-state index in [1.807, 2.05) is 0 Å². The van der Waals surface area contributed by atoms with Crippen molar-refractivity contribution in [1.29, 1.82) is 0 Å². The zero-order valence-corrected chi connectivity index (χ0v) is 68.1. The quantitative estimate of drug-likeness (QED) is 0.0663. The molecule has 16 N–H and O–H groups in total. The molecule has 1 aromatic heterocycles. The van der Waals surface area contributed by atoms with Gasteiger partial charge in [-0.2, -0.15) is 0 Å². The van der Waals surface area contributed by atoms with Crippen LogP contribution in [0.15, 0.2) is 41.5 Å². The van der Waals surface area contributed by atoms with E-state index in [0.717, 1.165) is 48.1 Å². The number of H-pyrrole nitrogens is 1. The van der Waals surface area contributed by atoms with Crippen molar-refractivity contribution in [2.45, 2.75) is 178 Å². The number of rotatable bonds is 8. The summed E-state index contributed by atoms with van der Waals surface area (Å²) in [6, 6.07) is -16.4. The van der Waals surface area contributed by atoms with Gasteiger partial charge < -0.3 is 108 Å². The average Bonchev–Trinajstić information content (AvgIpc) is 1.61. The molecular weight excluding hydrogens is 1600 g/mol. The predicted molar refractivity (Wildman–Crippen MR) is 416 cm³/mol. The van der Waals surface area contributed by atoms with Crippen molar-refractivity contribution < 1.29 is 125 Å². The standard InChI is InChI=1S/C75H100N18O26S/c1-10-34(3)43-29-78-53(97)30-80-67(108)46-26-42-41-25-45-50(27-44(41)89-73(42)120-33-48(85-54(98)31-79-66(43)107)68(109)88-47(28-59(103)116-9)74(114)91-32-40(94)24-49(91)69(110)90-60(35(4)11-2)70(111)87-46)119-75(115)39(8)84-64(105)37(6)82-52(96)17-21-118-23-19-77-72(113)62(93-57(101)14-15-58(93)102)61(92-55(99)12-13-56(92)100)71(112)76-18-22-117-20-16-51(95)81-36(5)63(104)83-38(7)65(106)86-45/h12-15,25,27,34-40,43,46-49,60-62,89,94H,10-11,16-24,26,28-33H2,1-9H3,(H,76,112)(H,77,113)(H,78,97)(H,79,107)(H,80,108)(H,81,95)(H,82,96)(H,83,104)(H,84,105)(H,85,98)(H,86,106)(H,87,111)(H,88,109)(H,90,110)/t34-,35-,36?,37?,38?,39?,40+,43-,46-,47-,48-,49-,60-,61?,62?/m0/s1. The van der Waals surface area contributed by atoms with Gasteiger partial charge in [0.15, 0.2) is 5.75 Å². The van der Waals surface area contributed by atoms with E-state index in [2.05, 4.69) is 79.4 Å². The van der Waals surface area contributed by atoms with Crippen LogP contribution in [0.4, 0.5) is 5.69 Å². The van der Waals surface area contributed by atoms with E-state index in [9.17, 15) is 91.4 Å². The molecule has 120 heavy (non-hydrogen) atoms. The third kappa shape index (κ3) is 24.5. The molecule has 6 aliphatic rings. The highest BCUT2D eigenvalue weighted by atomic mass is 32.2. The Balaban J connectivity index is 1.18. The lowest BCUT2D eigenvalue weighted by atomic mass is 9.90. The Hall–Kier alpha value is -12.3. The van der Waals surface area contributed by atoms with E-state index in [-0.39, 0.29) is 66.6 Å². The number of anilines is 1. The topological polar surface area (TPSA) is 610 Å². The first-order chi connectivity index (χ1) is 56.9. The molecule has 8 rings (SSSR count). The Bertz CT molecular complexity index is 4400. The number of methoxy groups -OCH3 is 1. The number of aliphatic hydroxyl groups excluding tert-OH is 1. The Labute approximate surface area is 690 Å². The number of nitrogens with one attached hydrogen (secondary N) is 15. The summed E-state index contributed by atoms with van der Waals surface area (Å²) in [5.74, 6) is -24.4. The number of imide groups is 2. The summed E-state index contributed by atoms with van der Waals surface area (Å²) in [6.07, 6.45) is -0.278. The number of aliphatic hydroxyl groups is 1. The average molecular weight is 1700 g/mol. The van der Waals surface area contributed by atoms with Gasteiger partial charge in [-0.25, -0.2) is 4.79 Å². The molecule has 1 saturated heterocycles. The molecule has 0 spiro atoms. The van der Waals surface area contributed by atoms with Gasteiger partial charge in [0.1, 0.15) is 66.5 Å². The van der Waals surface area contributed by atoms with Crippen LogP contribution in [0, 0.1) is 17.8 Å². The monoisotopic (exact) mass is 1700 g/mol. The van der Waals surface area contributed by atoms with Crippen molar-refractivity contribution in [2.75, 3.05) is 83.9 Å². The fraction of sp³-hybridized carbons (Fsp3) is 0.560. The largest absolute Gasteiger partial charge is 0.469 e.